The number of hydrogen-bond acceptors (Lipinski definition) is 7. The van der Waals surface area contributed by atoms with E-state index < -0.39 is 9.84 Å². The molecule has 10 heteroatoms. The molecule has 1 atom stereocenters. The highest BCUT2D eigenvalue weighted by Crippen LogP contribution is 2.42. The highest BCUT2D eigenvalue weighted by Gasteiger charge is 2.39. The van der Waals surface area contributed by atoms with E-state index in [1.54, 1.807) is 17.0 Å². The van der Waals surface area contributed by atoms with Gasteiger partial charge < -0.3 is 14.4 Å². The molecule has 0 saturated carbocycles. The minimum absolute atomic E-state index is 0.0837. The van der Waals surface area contributed by atoms with Gasteiger partial charge in [0.15, 0.2) is 15.5 Å². The van der Waals surface area contributed by atoms with Crippen molar-refractivity contribution in [1.82, 2.24) is 19.6 Å². The fourth-order valence-electron chi connectivity index (χ4n) is 6.01. The van der Waals surface area contributed by atoms with Gasteiger partial charge in [0.2, 0.25) is 0 Å². The van der Waals surface area contributed by atoms with Crippen LogP contribution in [-0.2, 0) is 25.1 Å². The van der Waals surface area contributed by atoms with Crippen molar-refractivity contribution < 1.29 is 22.7 Å². The Labute approximate surface area is 205 Å². The van der Waals surface area contributed by atoms with Crippen LogP contribution < -0.4 is 0 Å². The van der Waals surface area contributed by atoms with Gasteiger partial charge >= 0.3 is 0 Å². The van der Waals surface area contributed by atoms with Crippen LogP contribution in [-0.4, -0.2) is 92.6 Å². The smallest absolute Gasteiger partial charge is 0.274 e. The summed E-state index contributed by atoms with van der Waals surface area (Å²) in [7, 11) is -3.56. The molecular weight excluding hydrogens is 468 g/mol. The number of nitrogens with zero attached hydrogens (tertiary/aromatic N) is 4. The second kappa shape index (κ2) is 9.31. The molecule has 1 aromatic heterocycles. The van der Waals surface area contributed by atoms with E-state index in [1.165, 1.54) is 0 Å². The highest BCUT2D eigenvalue weighted by atomic mass is 32.2. The molecule has 3 fully saturated rings. The Bertz CT molecular complexity index is 1210. The van der Waals surface area contributed by atoms with Crippen LogP contribution >= 0.6 is 0 Å². The number of ether oxygens (including phenoxy) is 2. The van der Waals surface area contributed by atoms with Crippen LogP contribution in [0.4, 0.5) is 0 Å². The molecule has 0 unspecified atom stereocenters. The fourth-order valence-corrected chi connectivity index (χ4v) is 7.60. The predicted octanol–water partition coefficient (Wildman–Crippen LogP) is 2.13. The van der Waals surface area contributed by atoms with E-state index >= 15 is 0 Å². The fraction of sp³-hybridized carbons (Fsp3) is 0.600. The maximum Gasteiger partial charge on any atom is 0.274 e. The second-order valence-corrected chi connectivity index (χ2v) is 11.9. The number of carbonyl (C=O) groups is 1. The zero-order chi connectivity index (χ0) is 24.0. The molecule has 4 aliphatic rings. The maximum atomic E-state index is 13.6. The Hall–Kier alpha value is -2.27. The molecule has 0 bridgehead atoms. The third-order valence-electron chi connectivity index (χ3n) is 7.80. The lowest BCUT2D eigenvalue weighted by molar-refractivity contribution is 0.0180. The first-order chi connectivity index (χ1) is 17.0. The molecule has 4 aliphatic heterocycles. The number of hydrogen-bond donors (Lipinski definition) is 0. The van der Waals surface area contributed by atoms with Crippen molar-refractivity contribution in [3.05, 3.63) is 35.5 Å². The minimum atomic E-state index is -3.56. The largest absolute Gasteiger partial charge is 0.381 e. The first-order valence-electron chi connectivity index (χ1n) is 12.7. The summed E-state index contributed by atoms with van der Waals surface area (Å²) >= 11 is 0. The number of benzene rings is 1. The van der Waals surface area contributed by atoms with E-state index in [-0.39, 0.29) is 23.4 Å². The van der Waals surface area contributed by atoms with Crippen molar-refractivity contribution in [3.63, 3.8) is 0 Å². The van der Waals surface area contributed by atoms with Gasteiger partial charge in [-0.15, -0.1) is 0 Å². The molecule has 9 nitrogen and oxygen atoms in total. The van der Waals surface area contributed by atoms with Crippen LogP contribution in [0.1, 0.15) is 47.8 Å². The lowest BCUT2D eigenvalue weighted by Crippen LogP contribution is -2.46. The van der Waals surface area contributed by atoms with Crippen molar-refractivity contribution in [2.75, 3.05) is 52.6 Å². The Balaban J connectivity index is 1.43. The number of morpholine rings is 1. The molecule has 0 radical (unpaired) electrons. The number of amides is 1. The lowest BCUT2D eigenvalue weighted by Gasteiger charge is -2.40. The van der Waals surface area contributed by atoms with E-state index in [0.29, 0.717) is 48.4 Å². The summed E-state index contributed by atoms with van der Waals surface area (Å²) < 4.78 is 39.4. The predicted molar refractivity (Wildman–Crippen MR) is 129 cm³/mol. The standard InChI is InChI=1S/C25H32N4O5S/c30-25(27-10-14-34-15-11-27)23-21-17-35(31,32)22-6-2-1-5-20(22)24(21)29(26-23)19-4-3-9-28(16-19)18-7-12-33-13-8-18/h1-2,5-6,18-19H,3-4,7-17H2/t19-/m0/s1. The summed E-state index contributed by atoms with van der Waals surface area (Å²) in [5, 5.41) is 4.90. The van der Waals surface area contributed by atoms with Crippen LogP contribution in [0.25, 0.3) is 11.3 Å². The summed E-state index contributed by atoms with van der Waals surface area (Å²) in [6, 6.07) is 7.73. The van der Waals surface area contributed by atoms with Crippen molar-refractivity contribution >= 4 is 15.7 Å². The van der Waals surface area contributed by atoms with Crippen molar-refractivity contribution in [1.29, 1.82) is 0 Å². The average Bonchev–Trinajstić information content (AvgIpc) is 3.28. The third kappa shape index (κ3) is 4.20. The van der Waals surface area contributed by atoms with Gasteiger partial charge in [0, 0.05) is 50.0 Å². The van der Waals surface area contributed by atoms with E-state index in [4.69, 9.17) is 14.6 Å². The molecule has 1 amide bonds. The molecule has 0 spiro atoms. The number of sulfone groups is 1. The summed E-state index contributed by atoms with van der Waals surface area (Å²) in [5.74, 6) is -0.392. The number of piperidine rings is 1. The highest BCUT2D eigenvalue weighted by molar-refractivity contribution is 7.90. The van der Waals surface area contributed by atoms with E-state index in [1.807, 2.05) is 16.8 Å². The Kier molecular flexibility index (Phi) is 6.16. The van der Waals surface area contributed by atoms with Gasteiger partial charge in [-0.1, -0.05) is 18.2 Å². The monoisotopic (exact) mass is 500 g/mol. The first kappa shape index (κ1) is 23.1. The molecule has 0 N–H and O–H groups in total. The van der Waals surface area contributed by atoms with E-state index in [0.717, 1.165) is 57.7 Å². The van der Waals surface area contributed by atoms with Gasteiger partial charge in [0.05, 0.1) is 35.6 Å². The summed E-state index contributed by atoms with van der Waals surface area (Å²) in [6.07, 6.45) is 4.06. The summed E-state index contributed by atoms with van der Waals surface area (Å²) in [5.41, 5.74) is 2.28. The number of carbonyl (C=O) groups excluding carboxylic acids is 1. The molecule has 5 heterocycles. The molecule has 3 saturated heterocycles. The number of rotatable bonds is 3. The normalized spacial score (nSPS) is 25.1. The van der Waals surface area contributed by atoms with Crippen molar-refractivity contribution in [2.45, 2.75) is 48.4 Å². The third-order valence-corrected chi connectivity index (χ3v) is 9.50. The number of fused-ring (bicyclic) bond motifs is 3. The molecule has 6 rings (SSSR count). The molecule has 188 valence electrons. The van der Waals surface area contributed by atoms with Crippen molar-refractivity contribution in [3.8, 4) is 11.3 Å². The molecule has 2 aromatic rings. The molecule has 35 heavy (non-hydrogen) atoms. The summed E-state index contributed by atoms with van der Waals surface area (Å²) in [4.78, 5) is 18.2. The van der Waals surface area contributed by atoms with Gasteiger partial charge in [-0.2, -0.15) is 5.10 Å². The lowest BCUT2D eigenvalue weighted by atomic mass is 9.99. The van der Waals surface area contributed by atoms with Crippen LogP contribution in [0.3, 0.4) is 0 Å². The quantitative estimate of drug-likeness (QED) is 0.637. The van der Waals surface area contributed by atoms with Gasteiger partial charge in [-0.3, -0.25) is 14.4 Å². The average molecular weight is 501 g/mol. The van der Waals surface area contributed by atoms with Crippen molar-refractivity contribution in [2.24, 2.45) is 0 Å². The summed E-state index contributed by atoms with van der Waals surface area (Å²) in [6.45, 7) is 5.44. The van der Waals surface area contributed by atoms with Crippen LogP contribution in [0.2, 0.25) is 0 Å². The Morgan fingerprint density at radius 2 is 1.69 bits per heavy atom. The molecule has 0 aliphatic carbocycles. The Morgan fingerprint density at radius 3 is 2.49 bits per heavy atom. The SMILES string of the molecule is O=C(c1nn([C@H]2CCCN(C3CCOCC3)C2)c2c1CS(=O)(=O)c1ccccc1-2)N1CCOCC1. The van der Waals surface area contributed by atoms with E-state index in [2.05, 4.69) is 4.90 Å². The van der Waals surface area contributed by atoms with Crippen LogP contribution in [0.5, 0.6) is 0 Å². The maximum absolute atomic E-state index is 13.6. The number of aromatic nitrogens is 2. The van der Waals surface area contributed by atoms with Gasteiger partial charge in [-0.05, 0) is 38.3 Å². The van der Waals surface area contributed by atoms with Gasteiger partial charge in [0.1, 0.15) is 0 Å². The zero-order valence-corrected chi connectivity index (χ0v) is 20.7. The molecular formula is C25H32N4O5S. The van der Waals surface area contributed by atoms with Gasteiger partial charge in [0.25, 0.3) is 5.91 Å². The minimum Gasteiger partial charge on any atom is -0.381 e. The Morgan fingerprint density at radius 1 is 0.943 bits per heavy atom. The van der Waals surface area contributed by atoms with Crippen LogP contribution in [0, 0.1) is 0 Å². The second-order valence-electron chi connectivity index (χ2n) is 9.91. The molecule has 1 aromatic carbocycles. The van der Waals surface area contributed by atoms with Crippen LogP contribution in [0.15, 0.2) is 29.2 Å². The topological polar surface area (TPSA) is 94.0 Å². The number of likely N-dealkylation sites (tertiary alicyclic amines) is 1. The zero-order valence-electron chi connectivity index (χ0n) is 19.9. The van der Waals surface area contributed by atoms with E-state index in [9.17, 15) is 13.2 Å². The van der Waals surface area contributed by atoms with Gasteiger partial charge in [-0.25, -0.2) is 8.42 Å². The first-order valence-corrected chi connectivity index (χ1v) is 14.3.